The number of Topliss-reactive ketones (excluding diaryl/α,β-unsaturated/α-hetero) is 2. The second-order valence-corrected chi connectivity index (χ2v) is 5.62. The summed E-state index contributed by atoms with van der Waals surface area (Å²) in [6.07, 6.45) is 1.30. The van der Waals surface area contributed by atoms with Crippen LogP contribution in [0.2, 0.25) is 0 Å². The number of likely N-dealkylation sites (N-methyl/N-ethyl adjacent to an activating group) is 1. The molecule has 0 unspecified atom stereocenters. The Morgan fingerprint density at radius 3 is 2.04 bits per heavy atom. The van der Waals surface area contributed by atoms with Gasteiger partial charge in [-0.2, -0.15) is 0 Å². The Balaban J connectivity index is -0.00000261. The van der Waals surface area contributed by atoms with Gasteiger partial charge in [0.25, 0.3) is 5.91 Å². The topological polar surface area (TPSA) is 63.7 Å². The zero-order valence-electron chi connectivity index (χ0n) is 16.7. The lowest BCUT2D eigenvalue weighted by atomic mass is 9.85. The lowest BCUT2D eigenvalue weighted by Gasteiger charge is -2.17. The first-order chi connectivity index (χ1) is 13.3. The summed E-state index contributed by atoms with van der Waals surface area (Å²) in [4.78, 5) is 42.3. The molecule has 1 aliphatic carbocycles. The van der Waals surface area contributed by atoms with Crippen molar-refractivity contribution in [3.05, 3.63) is 33.9 Å². The van der Waals surface area contributed by atoms with Crippen LogP contribution < -0.4 is 0 Å². The van der Waals surface area contributed by atoms with Crippen LogP contribution in [-0.2, 0) is 19.2 Å². The van der Waals surface area contributed by atoms with Crippen molar-refractivity contribution in [2.45, 2.75) is 27.7 Å². The largest absolute Gasteiger partial charge is 0.289 e. The van der Waals surface area contributed by atoms with Gasteiger partial charge in [0.1, 0.15) is 0 Å². The summed E-state index contributed by atoms with van der Waals surface area (Å²) in [5.41, 5.74) is 1.08. The van der Waals surface area contributed by atoms with Crippen LogP contribution >= 0.6 is 0 Å². The van der Waals surface area contributed by atoms with E-state index in [-0.39, 0.29) is 32.6 Å². The number of amides is 1. The number of rotatable bonds is 3. The van der Waals surface area contributed by atoms with E-state index in [1.54, 1.807) is 27.7 Å². The summed E-state index contributed by atoms with van der Waals surface area (Å²) in [6.45, 7) is 6.38. The molecule has 146 valence electrons. The molecule has 0 fully saturated rings. The molecular formula is C23H25NO4. The van der Waals surface area contributed by atoms with Crippen LogP contribution in [0.15, 0.2) is 33.9 Å². The fraction of sp³-hybridized carbons (Fsp3) is 0.261. The first kappa shape index (κ1) is 22.3. The SMILES string of the molecule is CC#CC#CC#CC#C/C(=C\C1=C(C)C(=O)C(C)=C(C)C1=O)C(=O)N(C)OC.[HH].[HH].[HH]. The summed E-state index contributed by atoms with van der Waals surface area (Å²) in [5, 5.41) is 0.962. The molecule has 0 saturated heterocycles. The summed E-state index contributed by atoms with van der Waals surface area (Å²) >= 11 is 0. The van der Waals surface area contributed by atoms with Crippen molar-refractivity contribution in [1.29, 1.82) is 0 Å². The van der Waals surface area contributed by atoms with E-state index >= 15 is 0 Å². The van der Waals surface area contributed by atoms with Gasteiger partial charge in [0, 0.05) is 33.6 Å². The maximum atomic E-state index is 12.6. The van der Waals surface area contributed by atoms with Crippen LogP contribution in [0.4, 0.5) is 0 Å². The molecule has 1 aliphatic rings. The smallest absolute Gasteiger partial charge is 0.285 e. The highest BCUT2D eigenvalue weighted by atomic mass is 16.7. The van der Waals surface area contributed by atoms with Gasteiger partial charge in [0.2, 0.25) is 0 Å². The first-order valence-corrected chi connectivity index (χ1v) is 8.20. The fourth-order valence-corrected chi connectivity index (χ4v) is 2.12. The lowest BCUT2D eigenvalue weighted by molar-refractivity contribution is -0.163. The molecule has 0 N–H and O–H groups in total. The van der Waals surface area contributed by atoms with Gasteiger partial charge < -0.3 is 0 Å². The molecule has 0 aromatic carbocycles. The third-order valence-electron chi connectivity index (χ3n) is 3.95. The minimum atomic E-state index is -0.579. The number of allylic oxidation sites excluding steroid dienone is 5. The maximum absolute atomic E-state index is 12.6. The Morgan fingerprint density at radius 2 is 1.46 bits per heavy atom. The summed E-state index contributed by atoms with van der Waals surface area (Å²) in [5.74, 6) is 19.1. The van der Waals surface area contributed by atoms with Crippen molar-refractivity contribution in [3.63, 3.8) is 0 Å². The summed E-state index contributed by atoms with van der Waals surface area (Å²) in [7, 11) is 2.73. The van der Waals surface area contributed by atoms with Gasteiger partial charge >= 0.3 is 0 Å². The monoisotopic (exact) mass is 379 g/mol. The van der Waals surface area contributed by atoms with E-state index in [0.717, 1.165) is 5.06 Å². The number of nitrogens with zero attached hydrogens (tertiary/aromatic N) is 1. The van der Waals surface area contributed by atoms with Crippen molar-refractivity contribution in [2.24, 2.45) is 0 Å². The highest BCUT2D eigenvalue weighted by Gasteiger charge is 2.27. The van der Waals surface area contributed by atoms with Crippen LogP contribution in [0.25, 0.3) is 0 Å². The normalized spacial score (nSPS) is 13.3. The van der Waals surface area contributed by atoms with Crippen LogP contribution in [0, 0.1) is 47.4 Å². The molecule has 5 nitrogen and oxygen atoms in total. The Hall–Kier alpha value is -3.77. The lowest BCUT2D eigenvalue weighted by Crippen LogP contribution is -2.27. The predicted octanol–water partition coefficient (Wildman–Crippen LogP) is 2.51. The third-order valence-corrected chi connectivity index (χ3v) is 3.95. The van der Waals surface area contributed by atoms with E-state index in [1.165, 1.54) is 20.2 Å². The third kappa shape index (κ3) is 5.36. The number of hydrogen-bond acceptors (Lipinski definition) is 4. The maximum Gasteiger partial charge on any atom is 0.285 e. The Morgan fingerprint density at radius 1 is 0.929 bits per heavy atom. The minimum absolute atomic E-state index is 0. The molecule has 1 amide bonds. The molecule has 0 bridgehead atoms. The molecule has 0 spiro atoms. The second kappa shape index (κ2) is 10.4. The van der Waals surface area contributed by atoms with Crippen LogP contribution in [0.3, 0.4) is 0 Å². The van der Waals surface area contributed by atoms with Crippen molar-refractivity contribution in [3.8, 4) is 47.4 Å². The Bertz CT molecular complexity index is 1080. The molecule has 28 heavy (non-hydrogen) atoms. The Kier molecular flexibility index (Phi) is 8.27. The fourth-order valence-electron chi connectivity index (χ4n) is 2.12. The van der Waals surface area contributed by atoms with Crippen LogP contribution in [0.5, 0.6) is 0 Å². The molecule has 0 aliphatic heterocycles. The number of ketones is 2. The molecule has 0 aromatic rings. The first-order valence-electron chi connectivity index (χ1n) is 8.20. The molecule has 0 saturated carbocycles. The van der Waals surface area contributed by atoms with Crippen molar-refractivity contribution in [1.82, 2.24) is 5.06 Å². The van der Waals surface area contributed by atoms with Gasteiger partial charge in [-0.25, -0.2) is 5.06 Å². The molecular weight excluding hydrogens is 354 g/mol. The van der Waals surface area contributed by atoms with Crippen molar-refractivity contribution >= 4 is 17.5 Å². The molecule has 0 heterocycles. The second-order valence-electron chi connectivity index (χ2n) is 5.62. The van der Waals surface area contributed by atoms with E-state index in [1.807, 2.05) is 0 Å². The van der Waals surface area contributed by atoms with Gasteiger partial charge in [0.05, 0.1) is 12.7 Å². The zero-order chi connectivity index (χ0) is 21.3. The molecule has 0 atom stereocenters. The standard InChI is InChI=1S/C23H19NO4.3H2/c1-7-8-9-10-11-12-13-14-19(23(27)24(5)28-6)15-20-18(4)21(25)16(2)17(3)22(20)26;;;/h15H,1-6H3;3*1H/b19-15+;;;. The quantitative estimate of drug-likeness (QED) is 0.327. The van der Waals surface area contributed by atoms with Gasteiger partial charge in [0.15, 0.2) is 11.6 Å². The Labute approximate surface area is 169 Å². The molecule has 0 radical (unpaired) electrons. The molecule has 1 rings (SSSR count). The van der Waals surface area contributed by atoms with E-state index in [9.17, 15) is 14.4 Å². The van der Waals surface area contributed by atoms with Crippen molar-refractivity contribution in [2.75, 3.05) is 14.2 Å². The van der Waals surface area contributed by atoms with Gasteiger partial charge in [-0.1, -0.05) is 5.92 Å². The highest BCUT2D eigenvalue weighted by Crippen LogP contribution is 2.25. The van der Waals surface area contributed by atoms with Gasteiger partial charge in [-0.05, 0) is 75.2 Å². The number of hydrogen-bond donors (Lipinski definition) is 0. The van der Waals surface area contributed by atoms with E-state index in [0.29, 0.717) is 11.1 Å². The number of hydroxylamine groups is 2. The van der Waals surface area contributed by atoms with E-state index < -0.39 is 5.91 Å². The number of carbonyl (C=O) groups is 3. The average molecular weight is 379 g/mol. The minimum Gasteiger partial charge on any atom is -0.289 e. The van der Waals surface area contributed by atoms with Crippen LogP contribution in [0.1, 0.15) is 32.0 Å². The van der Waals surface area contributed by atoms with Gasteiger partial charge in [-0.15, -0.1) is 0 Å². The summed E-state index contributed by atoms with van der Waals surface area (Å²) in [6, 6.07) is 0. The van der Waals surface area contributed by atoms with E-state index in [4.69, 9.17) is 4.84 Å². The number of carbonyl (C=O) groups excluding carboxylic acids is 3. The van der Waals surface area contributed by atoms with Crippen LogP contribution in [-0.4, -0.2) is 36.7 Å². The van der Waals surface area contributed by atoms with Gasteiger partial charge in [-0.3, -0.25) is 19.2 Å². The van der Waals surface area contributed by atoms with Crippen molar-refractivity contribution < 1.29 is 23.5 Å². The zero-order valence-corrected chi connectivity index (χ0v) is 16.7. The molecule has 5 heteroatoms. The average Bonchev–Trinajstić information content (AvgIpc) is 2.70. The highest BCUT2D eigenvalue weighted by molar-refractivity contribution is 6.26. The molecule has 0 aromatic heterocycles. The summed E-state index contributed by atoms with van der Waals surface area (Å²) < 4.78 is 0. The van der Waals surface area contributed by atoms with E-state index in [2.05, 4.69) is 47.4 Å². The predicted molar refractivity (Wildman–Crippen MR) is 112 cm³/mol.